The van der Waals surface area contributed by atoms with Gasteiger partial charge >= 0.3 is 230 Å². The molecule has 0 N–H and O–H groups in total. The van der Waals surface area contributed by atoms with Crippen molar-refractivity contribution in [2.75, 3.05) is 4.90 Å². The van der Waals surface area contributed by atoms with Crippen molar-refractivity contribution in [2.45, 2.75) is 19.3 Å². The Morgan fingerprint density at radius 2 is 1.53 bits per heavy atom. The van der Waals surface area contributed by atoms with Crippen molar-refractivity contribution in [1.29, 1.82) is 0 Å². The molecule has 0 bridgehead atoms. The van der Waals surface area contributed by atoms with Gasteiger partial charge in [-0.15, -0.1) is 0 Å². The summed E-state index contributed by atoms with van der Waals surface area (Å²) in [6.07, 6.45) is 1.91. The number of nitrogens with zero attached hydrogens (tertiary/aromatic N) is 1. The monoisotopic (exact) mass is 699 g/mol. The molecule has 0 amide bonds. The quantitative estimate of drug-likeness (QED) is 0.120. The molecule has 0 saturated heterocycles. The van der Waals surface area contributed by atoms with Gasteiger partial charge in [-0.05, 0) is 0 Å². The van der Waals surface area contributed by atoms with Crippen LogP contribution in [0.2, 0.25) is 0 Å². The Balaban J connectivity index is 1.39. The van der Waals surface area contributed by atoms with Crippen LogP contribution in [0.4, 0.5) is 15.1 Å². The summed E-state index contributed by atoms with van der Waals surface area (Å²) < 4.78 is 5.94. The number of carbonyl (C=O) groups is 2. The number of allylic oxidation sites excluding steroid dienone is 1. The van der Waals surface area contributed by atoms with Crippen molar-refractivity contribution in [1.82, 2.24) is 0 Å². The van der Waals surface area contributed by atoms with Gasteiger partial charge in [0, 0.05) is 0 Å². The number of ketones is 2. The molecule has 2 aliphatic rings. The number of benzene rings is 3. The first-order valence-electron chi connectivity index (χ1n) is 11.8. The minimum absolute atomic E-state index is 0.113. The summed E-state index contributed by atoms with van der Waals surface area (Å²) in [6, 6.07) is 27.4. The van der Waals surface area contributed by atoms with E-state index < -0.39 is 20.4 Å². The van der Waals surface area contributed by atoms with Crippen molar-refractivity contribution in [3.05, 3.63) is 114 Å². The van der Waals surface area contributed by atoms with Crippen molar-refractivity contribution < 1.29 is 9.59 Å². The topological polar surface area (TPSA) is 37.4 Å². The van der Waals surface area contributed by atoms with Gasteiger partial charge < -0.3 is 0 Å². The van der Waals surface area contributed by atoms with Crippen LogP contribution in [0, 0.1) is 0 Å². The zero-order valence-corrected chi connectivity index (χ0v) is 24.4. The Morgan fingerprint density at radius 3 is 2.33 bits per heavy atom. The van der Waals surface area contributed by atoms with Crippen LogP contribution in [-0.2, 0) is 5.41 Å². The Kier molecular flexibility index (Phi) is 5.11. The number of rotatable bonds is 2. The van der Waals surface area contributed by atoms with Gasteiger partial charge in [-0.1, -0.05) is 0 Å². The summed E-state index contributed by atoms with van der Waals surface area (Å²) in [5, 5.41) is 1.11. The molecule has 0 spiro atoms. The van der Waals surface area contributed by atoms with Gasteiger partial charge in [0.2, 0.25) is 0 Å². The number of fused-ring (bicyclic) bond motifs is 4. The van der Waals surface area contributed by atoms with E-state index >= 15 is 0 Å². The summed E-state index contributed by atoms with van der Waals surface area (Å²) in [7, 11) is 0. The second-order valence-corrected chi connectivity index (χ2v) is 15.5. The van der Waals surface area contributed by atoms with E-state index in [1.807, 2.05) is 24.3 Å². The van der Waals surface area contributed by atoms with Gasteiger partial charge in [0.15, 0.2) is 0 Å². The fraction of sp³-hybridized carbons (Fsp3) is 0.0968. The van der Waals surface area contributed by atoms with Gasteiger partial charge in [0.25, 0.3) is 0 Å². The standard InChI is InChI=1S/C31H21NO2Te2/c1-31(2)24-10-6-7-11-26(24)32(19-8-4-3-5-9-19)30-25(31)16-20(36-30)15-23-28(33)21-14-18-12-13-35-27(18)17-22(21)29(23)34/h3-17H,1-2H3/b23-15-. The number of hydrogen-bond acceptors (Lipinski definition) is 3. The first-order valence-corrected chi connectivity index (χ1v) is 16.7. The SMILES string of the molecule is CC1(C)c2ccccc2N(c2ccccc2)c2[te]c(/C=C3/C(=O)c4cc5cc[te]c5cc4C3=O)cc21. The van der Waals surface area contributed by atoms with Crippen LogP contribution in [-0.4, -0.2) is 52.4 Å². The van der Waals surface area contributed by atoms with E-state index in [-0.39, 0.29) is 37.4 Å². The molecular formula is C31H21NO2Te2. The van der Waals surface area contributed by atoms with Gasteiger partial charge in [-0.25, -0.2) is 0 Å². The Hall–Kier alpha value is -2.66. The normalized spacial score (nSPS) is 16.9. The number of anilines is 3. The third-order valence-electron chi connectivity index (χ3n) is 7.30. The molecule has 0 saturated carbocycles. The molecular weight excluding hydrogens is 674 g/mol. The van der Waals surface area contributed by atoms with E-state index in [2.05, 4.69) is 83.5 Å². The van der Waals surface area contributed by atoms with Crippen molar-refractivity contribution >= 4 is 82.4 Å². The number of para-hydroxylation sites is 2. The third kappa shape index (κ3) is 3.24. The van der Waals surface area contributed by atoms with Crippen LogP contribution < -0.4 is 4.90 Å². The van der Waals surface area contributed by atoms with Gasteiger partial charge in [0.1, 0.15) is 0 Å². The maximum atomic E-state index is 13.4. The predicted molar refractivity (Wildman–Crippen MR) is 148 cm³/mol. The van der Waals surface area contributed by atoms with Gasteiger partial charge in [-0.3, -0.25) is 0 Å². The molecule has 3 aromatic carbocycles. The molecule has 5 heteroatoms. The zero-order valence-electron chi connectivity index (χ0n) is 19.7. The summed E-state index contributed by atoms with van der Waals surface area (Å²) in [5.41, 5.74) is 6.28. The van der Waals surface area contributed by atoms with Crippen LogP contribution in [0.1, 0.15) is 49.3 Å². The number of Topliss-reactive ketones (excluding diaryl/α,β-unsaturated/α-hetero) is 2. The van der Waals surface area contributed by atoms with E-state index in [0.717, 1.165) is 14.7 Å². The first kappa shape index (κ1) is 22.5. The van der Waals surface area contributed by atoms with Gasteiger partial charge in [-0.2, -0.15) is 0 Å². The molecule has 1 aliphatic carbocycles. The van der Waals surface area contributed by atoms with Crippen molar-refractivity contribution in [3.8, 4) is 0 Å². The van der Waals surface area contributed by atoms with E-state index in [4.69, 9.17) is 0 Å². The summed E-state index contributed by atoms with van der Waals surface area (Å²) in [6.45, 7) is 4.56. The molecule has 0 unspecified atom stereocenters. The zero-order chi connectivity index (χ0) is 24.6. The molecule has 5 aromatic rings. The van der Waals surface area contributed by atoms with Crippen LogP contribution in [0.5, 0.6) is 0 Å². The number of hydrogen-bond donors (Lipinski definition) is 0. The fourth-order valence-corrected chi connectivity index (χ4v) is 11.4. The van der Waals surface area contributed by atoms with Crippen LogP contribution in [0.3, 0.4) is 0 Å². The molecule has 174 valence electrons. The molecule has 1 aliphatic heterocycles. The second kappa shape index (κ2) is 8.17. The average molecular weight is 695 g/mol. The van der Waals surface area contributed by atoms with E-state index in [1.165, 1.54) is 23.9 Å². The van der Waals surface area contributed by atoms with E-state index in [1.54, 1.807) is 0 Å². The van der Waals surface area contributed by atoms with Crippen molar-refractivity contribution in [3.63, 3.8) is 0 Å². The molecule has 2 aromatic heterocycles. The summed E-state index contributed by atoms with van der Waals surface area (Å²) in [4.78, 5) is 29.1. The molecule has 7 rings (SSSR count). The maximum absolute atomic E-state index is 13.4. The number of carbonyl (C=O) groups excluding carboxylic acids is 2. The molecule has 0 fully saturated rings. The van der Waals surface area contributed by atoms with E-state index in [9.17, 15) is 9.59 Å². The molecule has 3 nitrogen and oxygen atoms in total. The first-order chi connectivity index (χ1) is 17.4. The Morgan fingerprint density at radius 1 is 0.806 bits per heavy atom. The summed E-state index contributed by atoms with van der Waals surface area (Å²) >= 11 is -1.21. The third-order valence-corrected chi connectivity index (χ3v) is 12.9. The van der Waals surface area contributed by atoms with Crippen LogP contribution in [0.15, 0.2) is 88.5 Å². The van der Waals surface area contributed by atoms with Crippen LogP contribution in [0.25, 0.3) is 14.9 Å². The van der Waals surface area contributed by atoms with Crippen LogP contribution >= 0.6 is 0 Å². The minimum atomic E-state index is -0.825. The molecule has 3 heterocycles. The van der Waals surface area contributed by atoms with Crippen molar-refractivity contribution in [2.24, 2.45) is 0 Å². The Bertz CT molecular complexity index is 1700. The van der Waals surface area contributed by atoms with Gasteiger partial charge in [0.05, 0.1) is 0 Å². The molecule has 0 radical (unpaired) electrons. The Labute approximate surface area is 228 Å². The molecule has 0 atom stereocenters. The fourth-order valence-electron chi connectivity index (χ4n) is 5.42. The predicted octanol–water partition coefficient (Wildman–Crippen LogP) is 6.53. The van der Waals surface area contributed by atoms with E-state index in [0.29, 0.717) is 16.7 Å². The summed E-state index contributed by atoms with van der Waals surface area (Å²) in [5.74, 6) is -0.239. The second-order valence-electron chi connectivity index (χ2n) is 9.75. The average Bonchev–Trinajstić information content (AvgIpc) is 3.58. The molecule has 36 heavy (non-hydrogen) atoms.